The Morgan fingerprint density at radius 3 is 2.65 bits per heavy atom. The van der Waals surface area contributed by atoms with E-state index in [0.717, 1.165) is 10.6 Å². The molecule has 0 spiro atoms. The lowest BCUT2D eigenvalue weighted by atomic mass is 10.2. The van der Waals surface area contributed by atoms with Crippen LogP contribution in [0.4, 0.5) is 10.1 Å². The van der Waals surface area contributed by atoms with E-state index in [1.165, 1.54) is 23.9 Å². The molecule has 0 saturated carbocycles. The van der Waals surface area contributed by atoms with Crippen LogP contribution in [0.2, 0.25) is 5.02 Å². The molecule has 0 unspecified atom stereocenters. The molecule has 118 valence electrons. The zero-order chi connectivity index (χ0) is 16.7. The maximum absolute atomic E-state index is 13.1. The SMILES string of the molecule is N#CCCN(C(=O)CSc1ccc(F)c(Cl)c1)c1ccccc1. The van der Waals surface area contributed by atoms with E-state index in [1.807, 2.05) is 30.3 Å². The highest BCUT2D eigenvalue weighted by molar-refractivity contribution is 8.00. The van der Waals surface area contributed by atoms with Crippen molar-refractivity contribution in [2.75, 3.05) is 17.2 Å². The highest BCUT2D eigenvalue weighted by atomic mass is 35.5. The van der Waals surface area contributed by atoms with Crippen LogP contribution in [0, 0.1) is 17.1 Å². The van der Waals surface area contributed by atoms with Gasteiger partial charge in [-0.1, -0.05) is 29.8 Å². The number of hydrogen-bond donors (Lipinski definition) is 0. The highest BCUT2D eigenvalue weighted by Gasteiger charge is 2.15. The number of nitriles is 1. The lowest BCUT2D eigenvalue weighted by Crippen LogP contribution is -2.33. The molecule has 23 heavy (non-hydrogen) atoms. The Morgan fingerprint density at radius 2 is 2.00 bits per heavy atom. The molecule has 2 rings (SSSR count). The number of nitrogens with zero attached hydrogens (tertiary/aromatic N) is 2. The molecule has 0 aliphatic rings. The number of rotatable bonds is 6. The van der Waals surface area contributed by atoms with Gasteiger partial charge in [-0.2, -0.15) is 5.26 Å². The van der Waals surface area contributed by atoms with Crippen LogP contribution in [0.5, 0.6) is 0 Å². The van der Waals surface area contributed by atoms with Gasteiger partial charge in [0.2, 0.25) is 5.91 Å². The minimum absolute atomic E-state index is 0.0341. The van der Waals surface area contributed by atoms with E-state index in [0.29, 0.717) is 6.54 Å². The van der Waals surface area contributed by atoms with Crippen molar-refractivity contribution in [2.45, 2.75) is 11.3 Å². The topological polar surface area (TPSA) is 44.1 Å². The molecule has 0 N–H and O–H groups in total. The lowest BCUT2D eigenvalue weighted by Gasteiger charge is -2.21. The van der Waals surface area contributed by atoms with Crippen molar-refractivity contribution in [1.29, 1.82) is 5.26 Å². The zero-order valence-electron chi connectivity index (χ0n) is 12.2. The van der Waals surface area contributed by atoms with Crippen LogP contribution in [0.15, 0.2) is 53.4 Å². The van der Waals surface area contributed by atoms with Crippen LogP contribution >= 0.6 is 23.4 Å². The number of carbonyl (C=O) groups excluding carboxylic acids is 1. The lowest BCUT2D eigenvalue weighted by molar-refractivity contribution is -0.116. The van der Waals surface area contributed by atoms with Gasteiger partial charge < -0.3 is 4.90 Å². The number of hydrogen-bond acceptors (Lipinski definition) is 3. The third-order valence-corrected chi connectivity index (χ3v) is 4.34. The molecule has 6 heteroatoms. The van der Waals surface area contributed by atoms with Gasteiger partial charge in [0, 0.05) is 17.1 Å². The minimum atomic E-state index is -0.484. The smallest absolute Gasteiger partial charge is 0.237 e. The summed E-state index contributed by atoms with van der Waals surface area (Å²) in [5, 5.41) is 8.80. The monoisotopic (exact) mass is 348 g/mol. The second kappa shape index (κ2) is 8.56. The van der Waals surface area contributed by atoms with Gasteiger partial charge in [-0.25, -0.2) is 4.39 Å². The number of thioether (sulfide) groups is 1. The quantitative estimate of drug-likeness (QED) is 0.721. The van der Waals surface area contributed by atoms with Crippen LogP contribution in [0.25, 0.3) is 0 Å². The van der Waals surface area contributed by atoms with E-state index in [1.54, 1.807) is 11.0 Å². The fourth-order valence-corrected chi connectivity index (χ4v) is 3.01. The van der Waals surface area contributed by atoms with Gasteiger partial charge in [-0.15, -0.1) is 11.8 Å². The molecule has 0 saturated heterocycles. The first kappa shape index (κ1) is 17.3. The molecule has 2 aromatic rings. The van der Waals surface area contributed by atoms with Gasteiger partial charge in [-0.3, -0.25) is 4.79 Å². The average Bonchev–Trinajstić information content (AvgIpc) is 2.57. The second-order valence-corrected chi connectivity index (χ2v) is 6.11. The van der Waals surface area contributed by atoms with E-state index in [9.17, 15) is 9.18 Å². The summed E-state index contributed by atoms with van der Waals surface area (Å²) in [7, 11) is 0. The minimum Gasteiger partial charge on any atom is -0.311 e. The van der Waals surface area contributed by atoms with E-state index in [2.05, 4.69) is 6.07 Å². The fraction of sp³-hybridized carbons (Fsp3) is 0.176. The maximum atomic E-state index is 13.1. The Kier molecular flexibility index (Phi) is 6.45. The van der Waals surface area contributed by atoms with E-state index in [-0.39, 0.29) is 23.1 Å². The first-order valence-electron chi connectivity index (χ1n) is 6.92. The standard InChI is InChI=1S/C17H14ClFN2OS/c18-15-11-14(7-8-16(15)19)23-12-17(22)21(10-4-9-20)13-5-2-1-3-6-13/h1-3,5-8,11H,4,10,12H2. The van der Waals surface area contributed by atoms with Crippen LogP contribution in [-0.2, 0) is 4.79 Å². The van der Waals surface area contributed by atoms with Gasteiger partial charge in [0.05, 0.1) is 23.3 Å². The molecule has 0 atom stereocenters. The number of amides is 1. The Bertz CT molecular complexity index is 718. The van der Waals surface area contributed by atoms with Crippen LogP contribution in [-0.4, -0.2) is 18.2 Å². The van der Waals surface area contributed by atoms with Crippen molar-refractivity contribution < 1.29 is 9.18 Å². The van der Waals surface area contributed by atoms with Crippen molar-refractivity contribution in [1.82, 2.24) is 0 Å². The molecular formula is C17H14ClFN2OS. The first-order chi connectivity index (χ1) is 11.1. The molecule has 0 fully saturated rings. The Balaban J connectivity index is 2.05. The van der Waals surface area contributed by atoms with Crippen molar-refractivity contribution in [3.05, 3.63) is 59.4 Å². The summed E-state index contributed by atoms with van der Waals surface area (Å²) in [5.41, 5.74) is 0.755. The molecular weight excluding hydrogens is 335 g/mol. The van der Waals surface area contributed by atoms with Gasteiger partial charge in [-0.05, 0) is 30.3 Å². The molecule has 0 bridgehead atoms. The predicted molar refractivity (Wildman–Crippen MR) is 91.2 cm³/mol. The maximum Gasteiger partial charge on any atom is 0.237 e. The molecule has 1 amide bonds. The molecule has 0 radical (unpaired) electrons. The third-order valence-electron chi connectivity index (χ3n) is 3.07. The summed E-state index contributed by atoms with van der Waals surface area (Å²) in [4.78, 5) is 14.8. The molecule has 2 aromatic carbocycles. The summed E-state index contributed by atoms with van der Waals surface area (Å²) in [6.07, 6.45) is 0.258. The fourth-order valence-electron chi connectivity index (χ4n) is 1.96. The summed E-state index contributed by atoms with van der Waals surface area (Å²) in [5.74, 6) is -0.415. The van der Waals surface area contributed by atoms with Crippen LogP contribution in [0.1, 0.15) is 6.42 Å². The summed E-state index contributed by atoms with van der Waals surface area (Å²) < 4.78 is 13.1. The first-order valence-corrected chi connectivity index (χ1v) is 8.28. The van der Waals surface area contributed by atoms with E-state index in [4.69, 9.17) is 16.9 Å². The van der Waals surface area contributed by atoms with Gasteiger partial charge in [0.1, 0.15) is 5.82 Å². The number of anilines is 1. The van der Waals surface area contributed by atoms with Gasteiger partial charge in [0.15, 0.2) is 0 Å². The Hall–Kier alpha value is -2.03. The third kappa shape index (κ3) is 4.98. The van der Waals surface area contributed by atoms with Crippen molar-refractivity contribution in [3.8, 4) is 6.07 Å². The normalized spacial score (nSPS) is 10.1. The Morgan fingerprint density at radius 1 is 1.26 bits per heavy atom. The molecule has 0 aliphatic heterocycles. The van der Waals surface area contributed by atoms with Gasteiger partial charge in [0.25, 0.3) is 0 Å². The Labute approximate surface area is 143 Å². The number of carbonyl (C=O) groups is 1. The van der Waals surface area contributed by atoms with E-state index < -0.39 is 5.82 Å². The van der Waals surface area contributed by atoms with Crippen molar-refractivity contribution in [2.24, 2.45) is 0 Å². The van der Waals surface area contributed by atoms with Crippen LogP contribution in [0.3, 0.4) is 0 Å². The average molecular weight is 349 g/mol. The van der Waals surface area contributed by atoms with Gasteiger partial charge >= 0.3 is 0 Å². The molecule has 0 heterocycles. The second-order valence-electron chi connectivity index (χ2n) is 4.65. The summed E-state index contributed by atoms with van der Waals surface area (Å²) in [6, 6.07) is 15.6. The molecule has 0 aliphatic carbocycles. The van der Waals surface area contributed by atoms with E-state index >= 15 is 0 Å². The van der Waals surface area contributed by atoms with Crippen molar-refractivity contribution in [3.63, 3.8) is 0 Å². The number of halogens is 2. The number of benzene rings is 2. The predicted octanol–water partition coefficient (Wildman–Crippen LogP) is 4.52. The molecule has 3 nitrogen and oxygen atoms in total. The largest absolute Gasteiger partial charge is 0.311 e. The zero-order valence-corrected chi connectivity index (χ0v) is 13.8. The highest BCUT2D eigenvalue weighted by Crippen LogP contribution is 2.25. The number of para-hydroxylation sites is 1. The summed E-state index contributed by atoms with van der Waals surface area (Å²) >= 11 is 7.02. The summed E-state index contributed by atoms with van der Waals surface area (Å²) in [6.45, 7) is 0.337. The molecule has 0 aromatic heterocycles. The van der Waals surface area contributed by atoms with Crippen molar-refractivity contribution >= 4 is 35.0 Å². The van der Waals surface area contributed by atoms with Crippen LogP contribution < -0.4 is 4.90 Å².